The molecule has 14 heavy (non-hydrogen) atoms. The van der Waals surface area contributed by atoms with Crippen LogP contribution in [0.2, 0.25) is 0 Å². The van der Waals surface area contributed by atoms with Gasteiger partial charge < -0.3 is 4.74 Å². The summed E-state index contributed by atoms with van der Waals surface area (Å²) < 4.78 is 5.87. The predicted molar refractivity (Wildman–Crippen MR) is 63.6 cm³/mol. The van der Waals surface area contributed by atoms with E-state index in [0.717, 1.165) is 12.5 Å². The summed E-state index contributed by atoms with van der Waals surface area (Å²) in [5, 5.41) is 0. The van der Waals surface area contributed by atoms with Crippen molar-refractivity contribution in [2.45, 2.75) is 72.3 Å². The highest BCUT2D eigenvalue weighted by molar-refractivity contribution is 4.59. The van der Waals surface area contributed by atoms with Crippen LogP contribution in [0.1, 0.15) is 66.2 Å². The van der Waals surface area contributed by atoms with Gasteiger partial charge in [-0.15, -0.1) is 0 Å². The fourth-order valence-electron chi connectivity index (χ4n) is 1.55. The average molecular weight is 200 g/mol. The first-order valence-corrected chi connectivity index (χ1v) is 6.32. The van der Waals surface area contributed by atoms with E-state index < -0.39 is 0 Å². The van der Waals surface area contributed by atoms with Crippen LogP contribution in [-0.4, -0.2) is 12.7 Å². The van der Waals surface area contributed by atoms with E-state index >= 15 is 0 Å². The first kappa shape index (κ1) is 14.0. The summed E-state index contributed by atoms with van der Waals surface area (Å²) in [6, 6.07) is 0. The Morgan fingerprint density at radius 2 is 1.64 bits per heavy atom. The third kappa shape index (κ3) is 8.55. The van der Waals surface area contributed by atoms with E-state index in [9.17, 15) is 0 Å². The van der Waals surface area contributed by atoms with Gasteiger partial charge in [0.05, 0.1) is 6.10 Å². The van der Waals surface area contributed by atoms with Crippen molar-refractivity contribution in [3.8, 4) is 0 Å². The topological polar surface area (TPSA) is 9.23 Å². The van der Waals surface area contributed by atoms with Crippen molar-refractivity contribution >= 4 is 0 Å². The maximum atomic E-state index is 5.87. The van der Waals surface area contributed by atoms with Gasteiger partial charge in [-0.3, -0.25) is 0 Å². The number of hydrogen-bond acceptors (Lipinski definition) is 1. The Kier molecular flexibility index (Phi) is 9.49. The lowest BCUT2D eigenvalue weighted by molar-refractivity contribution is 0.0360. The van der Waals surface area contributed by atoms with Crippen molar-refractivity contribution in [2.24, 2.45) is 5.92 Å². The minimum Gasteiger partial charge on any atom is -0.378 e. The Morgan fingerprint density at radius 3 is 2.14 bits per heavy atom. The molecule has 0 aliphatic rings. The van der Waals surface area contributed by atoms with Crippen molar-refractivity contribution in [3.63, 3.8) is 0 Å². The average Bonchev–Trinajstić information content (AvgIpc) is 2.14. The van der Waals surface area contributed by atoms with Gasteiger partial charge in [0.2, 0.25) is 0 Å². The minimum absolute atomic E-state index is 0.522. The Labute approximate surface area is 90.2 Å². The molecule has 86 valence electrons. The second-order valence-corrected chi connectivity index (χ2v) is 4.61. The highest BCUT2D eigenvalue weighted by atomic mass is 16.5. The fourth-order valence-corrected chi connectivity index (χ4v) is 1.55. The molecule has 0 aromatic rings. The molecule has 1 nitrogen and oxygen atoms in total. The second kappa shape index (κ2) is 9.51. The van der Waals surface area contributed by atoms with Crippen molar-refractivity contribution in [3.05, 3.63) is 0 Å². The largest absolute Gasteiger partial charge is 0.378 e. The van der Waals surface area contributed by atoms with Crippen LogP contribution < -0.4 is 0 Å². The highest BCUT2D eigenvalue weighted by Gasteiger charge is 2.08. The number of ether oxygens (including phenoxy) is 1. The van der Waals surface area contributed by atoms with E-state index in [1.165, 1.54) is 38.5 Å². The van der Waals surface area contributed by atoms with Gasteiger partial charge in [-0.25, -0.2) is 0 Å². The predicted octanol–water partition coefficient (Wildman–Crippen LogP) is 4.41. The quantitative estimate of drug-likeness (QED) is 0.501. The van der Waals surface area contributed by atoms with E-state index in [2.05, 4.69) is 27.7 Å². The van der Waals surface area contributed by atoms with Crippen molar-refractivity contribution < 1.29 is 4.74 Å². The van der Waals surface area contributed by atoms with E-state index in [0.29, 0.717) is 6.10 Å². The third-order valence-corrected chi connectivity index (χ3v) is 2.53. The summed E-state index contributed by atoms with van der Waals surface area (Å²) in [6.45, 7) is 9.99. The van der Waals surface area contributed by atoms with Crippen LogP contribution in [0.4, 0.5) is 0 Å². The summed E-state index contributed by atoms with van der Waals surface area (Å²) >= 11 is 0. The highest BCUT2D eigenvalue weighted by Crippen LogP contribution is 2.14. The molecule has 0 spiro atoms. The van der Waals surface area contributed by atoms with Crippen LogP contribution in [0, 0.1) is 5.92 Å². The summed E-state index contributed by atoms with van der Waals surface area (Å²) in [5.41, 5.74) is 0. The first-order valence-electron chi connectivity index (χ1n) is 6.32. The van der Waals surface area contributed by atoms with E-state index in [1.807, 2.05) is 0 Å². The molecular formula is C13H28O. The van der Waals surface area contributed by atoms with Gasteiger partial charge in [-0.05, 0) is 31.6 Å². The lowest BCUT2D eigenvalue weighted by Crippen LogP contribution is -2.14. The Balaban J connectivity index is 3.54. The molecule has 0 aromatic heterocycles. The van der Waals surface area contributed by atoms with E-state index in [4.69, 9.17) is 4.74 Å². The monoisotopic (exact) mass is 200 g/mol. The van der Waals surface area contributed by atoms with Crippen molar-refractivity contribution in [1.29, 1.82) is 0 Å². The fraction of sp³-hybridized carbons (Fsp3) is 1.00. The van der Waals surface area contributed by atoms with Crippen LogP contribution in [0.5, 0.6) is 0 Å². The number of rotatable bonds is 9. The van der Waals surface area contributed by atoms with Gasteiger partial charge in [-0.2, -0.15) is 0 Å². The molecule has 0 bridgehead atoms. The van der Waals surface area contributed by atoms with Gasteiger partial charge in [0, 0.05) is 6.61 Å². The van der Waals surface area contributed by atoms with Crippen LogP contribution in [-0.2, 0) is 4.74 Å². The summed E-state index contributed by atoms with van der Waals surface area (Å²) in [5.74, 6) is 0.809. The van der Waals surface area contributed by atoms with Gasteiger partial charge in [0.15, 0.2) is 0 Å². The van der Waals surface area contributed by atoms with Crippen molar-refractivity contribution in [1.82, 2.24) is 0 Å². The number of hydrogen-bond donors (Lipinski definition) is 0. The van der Waals surface area contributed by atoms with Crippen LogP contribution in [0.3, 0.4) is 0 Å². The molecule has 0 radical (unpaired) electrons. The van der Waals surface area contributed by atoms with Gasteiger partial charge >= 0.3 is 0 Å². The summed E-state index contributed by atoms with van der Waals surface area (Å²) in [4.78, 5) is 0. The van der Waals surface area contributed by atoms with Crippen molar-refractivity contribution in [2.75, 3.05) is 6.61 Å². The standard InChI is InChI=1S/C13H28O/c1-5-7-11-14-13(8-6-2)10-9-12(3)4/h12-13H,5-11H2,1-4H3. The summed E-state index contributed by atoms with van der Waals surface area (Å²) in [7, 11) is 0. The maximum absolute atomic E-state index is 5.87. The van der Waals surface area contributed by atoms with Gasteiger partial charge in [-0.1, -0.05) is 40.5 Å². The zero-order valence-corrected chi connectivity index (χ0v) is 10.5. The molecule has 0 rings (SSSR count). The molecule has 1 unspecified atom stereocenters. The smallest absolute Gasteiger partial charge is 0.0575 e. The molecule has 1 heteroatoms. The van der Waals surface area contributed by atoms with Crippen LogP contribution >= 0.6 is 0 Å². The second-order valence-electron chi connectivity index (χ2n) is 4.61. The molecule has 1 atom stereocenters. The van der Waals surface area contributed by atoms with E-state index in [-0.39, 0.29) is 0 Å². The lowest BCUT2D eigenvalue weighted by Gasteiger charge is -2.18. The molecule has 0 aliphatic carbocycles. The third-order valence-electron chi connectivity index (χ3n) is 2.53. The molecule has 0 amide bonds. The molecular weight excluding hydrogens is 172 g/mol. The molecule has 0 aliphatic heterocycles. The lowest BCUT2D eigenvalue weighted by atomic mass is 10.0. The molecule has 0 fully saturated rings. The number of unbranched alkanes of at least 4 members (excludes halogenated alkanes) is 1. The SMILES string of the molecule is CCCCOC(CCC)CCC(C)C. The Bertz CT molecular complexity index is 110. The molecule has 0 aromatic carbocycles. The molecule has 0 heterocycles. The maximum Gasteiger partial charge on any atom is 0.0575 e. The normalized spacial score (nSPS) is 13.5. The Hall–Kier alpha value is -0.0400. The van der Waals surface area contributed by atoms with Gasteiger partial charge in [0.25, 0.3) is 0 Å². The summed E-state index contributed by atoms with van der Waals surface area (Å²) in [6.07, 6.45) is 8.00. The van der Waals surface area contributed by atoms with E-state index in [1.54, 1.807) is 0 Å². The zero-order chi connectivity index (χ0) is 10.8. The molecule has 0 saturated carbocycles. The Morgan fingerprint density at radius 1 is 0.929 bits per heavy atom. The molecule has 0 N–H and O–H groups in total. The van der Waals surface area contributed by atoms with Crippen LogP contribution in [0.15, 0.2) is 0 Å². The van der Waals surface area contributed by atoms with Crippen LogP contribution in [0.25, 0.3) is 0 Å². The minimum atomic E-state index is 0.522. The zero-order valence-electron chi connectivity index (χ0n) is 10.5. The molecule has 0 saturated heterocycles. The van der Waals surface area contributed by atoms with Gasteiger partial charge in [0.1, 0.15) is 0 Å². The first-order chi connectivity index (χ1) is 6.70.